The molecule has 78 valence electrons. The van der Waals surface area contributed by atoms with Crippen LogP contribution in [0.25, 0.3) is 0 Å². The second kappa shape index (κ2) is 5.89. The molecule has 0 aromatic rings. The first-order valence-corrected chi connectivity index (χ1v) is 3.82. The van der Waals surface area contributed by atoms with E-state index in [-0.39, 0.29) is 0 Å². The van der Waals surface area contributed by atoms with Crippen LogP contribution in [0.2, 0.25) is 6.32 Å². The summed E-state index contributed by atoms with van der Waals surface area (Å²) in [5.74, 6) is 1.26. The van der Waals surface area contributed by atoms with Crippen molar-refractivity contribution in [1.29, 1.82) is 0 Å². The number of terminal acetylenes is 1. The Labute approximate surface area is 80.3 Å². The number of halogens is 5. The summed E-state index contributed by atoms with van der Waals surface area (Å²) >= 11 is 0. The Hall–Kier alpha value is -0.725. The molecule has 14 heavy (non-hydrogen) atoms. The van der Waals surface area contributed by atoms with E-state index in [4.69, 9.17) is 0 Å². The van der Waals surface area contributed by atoms with Crippen molar-refractivity contribution < 1.29 is 22.0 Å². The monoisotopic (exact) mass is 210 g/mol. The minimum Gasteiger partial charge on any atom is -0.245 e. The summed E-state index contributed by atoms with van der Waals surface area (Å²) < 4.78 is 62.7. The van der Waals surface area contributed by atoms with E-state index in [9.17, 15) is 22.0 Å². The zero-order valence-corrected chi connectivity index (χ0v) is 7.14. The van der Waals surface area contributed by atoms with Gasteiger partial charge in [-0.1, -0.05) is 12.2 Å². The minimum atomic E-state index is -2.94. The van der Waals surface area contributed by atoms with Crippen LogP contribution < -0.4 is 0 Å². The van der Waals surface area contributed by atoms with Gasteiger partial charge in [-0.05, 0) is 0 Å². The summed E-state index contributed by atoms with van der Waals surface area (Å²) in [6.45, 7) is 0. The van der Waals surface area contributed by atoms with Gasteiger partial charge in [-0.3, -0.25) is 0 Å². The summed E-state index contributed by atoms with van der Waals surface area (Å²) in [5, 5.41) is 0. The number of hydrogen-bond acceptors (Lipinski definition) is 0. The Morgan fingerprint density at radius 2 is 1.50 bits per heavy atom. The van der Waals surface area contributed by atoms with Crippen LogP contribution >= 0.6 is 0 Å². The van der Waals surface area contributed by atoms with Gasteiger partial charge < -0.3 is 0 Å². The summed E-state index contributed by atoms with van der Waals surface area (Å²) in [6.07, 6.45) is -9.94. The van der Waals surface area contributed by atoms with Gasteiger partial charge >= 0.3 is 0 Å². The van der Waals surface area contributed by atoms with Crippen molar-refractivity contribution in [2.75, 3.05) is 0 Å². The molecule has 0 rings (SSSR count). The Balaban J connectivity index is 4.31. The maximum Gasteiger partial charge on any atom is 0.194 e. The molecule has 2 radical (unpaired) electrons. The molecule has 0 nitrogen and oxygen atoms in total. The summed E-state index contributed by atoms with van der Waals surface area (Å²) in [7, 11) is 4.68. The maximum atomic E-state index is 12.7. The first-order valence-electron chi connectivity index (χ1n) is 3.82. The highest BCUT2D eigenvalue weighted by Crippen LogP contribution is 2.22. The van der Waals surface area contributed by atoms with Crippen LogP contribution in [0, 0.1) is 12.3 Å². The number of alkyl halides is 5. The molecule has 0 spiro atoms. The van der Waals surface area contributed by atoms with Crippen LogP contribution in [0.1, 0.15) is 0 Å². The van der Waals surface area contributed by atoms with E-state index >= 15 is 0 Å². The minimum absolute atomic E-state index is 0.804. The Morgan fingerprint density at radius 3 is 1.86 bits per heavy atom. The third-order valence-corrected chi connectivity index (χ3v) is 1.62. The van der Waals surface area contributed by atoms with Gasteiger partial charge in [0.05, 0.1) is 7.85 Å². The van der Waals surface area contributed by atoms with Crippen molar-refractivity contribution in [1.82, 2.24) is 0 Å². The van der Waals surface area contributed by atoms with Gasteiger partial charge in [0, 0.05) is 0 Å². The summed E-state index contributed by atoms with van der Waals surface area (Å²) in [6, 6.07) is 0. The molecule has 0 bridgehead atoms. The zero-order valence-electron chi connectivity index (χ0n) is 7.14. The van der Waals surface area contributed by atoms with Crippen LogP contribution in [0.3, 0.4) is 0 Å². The predicted octanol–water partition coefficient (Wildman–Crippen LogP) is 1.90. The lowest BCUT2D eigenvalue weighted by Crippen LogP contribution is -2.39. The van der Waals surface area contributed by atoms with E-state index < -0.39 is 37.2 Å². The lowest BCUT2D eigenvalue weighted by Gasteiger charge is -2.19. The first kappa shape index (κ1) is 13.3. The standard InChI is InChI=1S/C8H8BF5/c1-2-4(10)6(12)8(14)7(13)5(11)3-9/h1,4-8H,3H2. The van der Waals surface area contributed by atoms with E-state index in [1.165, 1.54) is 5.92 Å². The largest absolute Gasteiger partial charge is 0.245 e. The molecular formula is C8H8BF5. The molecule has 5 atom stereocenters. The second-order valence-electron chi connectivity index (χ2n) is 2.65. The van der Waals surface area contributed by atoms with Gasteiger partial charge in [-0.15, -0.1) is 6.42 Å². The number of hydrogen-bond donors (Lipinski definition) is 0. The van der Waals surface area contributed by atoms with Crippen molar-refractivity contribution >= 4 is 7.85 Å². The molecule has 0 aliphatic heterocycles. The van der Waals surface area contributed by atoms with Gasteiger partial charge in [0.15, 0.2) is 24.7 Å². The zero-order chi connectivity index (χ0) is 11.3. The molecule has 0 fully saturated rings. The fourth-order valence-corrected chi connectivity index (χ4v) is 0.758. The Bertz CT molecular complexity index is 204. The predicted molar refractivity (Wildman–Crippen MR) is 43.9 cm³/mol. The van der Waals surface area contributed by atoms with E-state index in [1.807, 2.05) is 0 Å². The van der Waals surface area contributed by atoms with Crippen LogP contribution in [-0.4, -0.2) is 38.7 Å². The van der Waals surface area contributed by atoms with Crippen LogP contribution in [0.4, 0.5) is 22.0 Å². The topological polar surface area (TPSA) is 0 Å². The van der Waals surface area contributed by atoms with E-state index in [1.54, 1.807) is 0 Å². The fraction of sp³-hybridized carbons (Fsp3) is 0.750. The third-order valence-electron chi connectivity index (χ3n) is 1.62. The van der Waals surface area contributed by atoms with Crippen molar-refractivity contribution in [2.45, 2.75) is 37.2 Å². The van der Waals surface area contributed by atoms with Crippen LogP contribution in [-0.2, 0) is 0 Å². The van der Waals surface area contributed by atoms with Crippen LogP contribution in [0.5, 0.6) is 0 Å². The highest BCUT2D eigenvalue weighted by molar-refractivity contribution is 6.08. The van der Waals surface area contributed by atoms with E-state index in [2.05, 4.69) is 14.3 Å². The highest BCUT2D eigenvalue weighted by Gasteiger charge is 2.38. The molecule has 0 aromatic heterocycles. The van der Waals surface area contributed by atoms with Gasteiger partial charge in [0.25, 0.3) is 0 Å². The lowest BCUT2D eigenvalue weighted by molar-refractivity contribution is 0.0180. The van der Waals surface area contributed by atoms with Crippen molar-refractivity contribution in [2.24, 2.45) is 0 Å². The molecule has 0 heterocycles. The van der Waals surface area contributed by atoms with Gasteiger partial charge in [0.2, 0.25) is 0 Å². The molecular weight excluding hydrogens is 202 g/mol. The van der Waals surface area contributed by atoms with Crippen LogP contribution in [0.15, 0.2) is 0 Å². The first-order chi connectivity index (χ1) is 6.45. The van der Waals surface area contributed by atoms with Crippen molar-refractivity contribution in [3.05, 3.63) is 0 Å². The van der Waals surface area contributed by atoms with E-state index in [0.717, 1.165) is 0 Å². The van der Waals surface area contributed by atoms with Crippen molar-refractivity contribution in [3.8, 4) is 12.3 Å². The number of rotatable bonds is 5. The molecule has 0 saturated carbocycles. The smallest absolute Gasteiger partial charge is 0.194 e. The maximum absolute atomic E-state index is 12.7. The average Bonchev–Trinajstić information content (AvgIpc) is 2.23. The molecule has 0 saturated heterocycles. The van der Waals surface area contributed by atoms with Gasteiger partial charge in [-0.2, -0.15) is 0 Å². The quantitative estimate of drug-likeness (QED) is 0.369. The summed E-state index contributed by atoms with van der Waals surface area (Å²) in [5.41, 5.74) is 0. The molecule has 0 aliphatic carbocycles. The molecule has 5 unspecified atom stereocenters. The third kappa shape index (κ3) is 3.20. The lowest BCUT2D eigenvalue weighted by atomic mass is 9.94. The molecule has 0 aliphatic rings. The second-order valence-corrected chi connectivity index (χ2v) is 2.65. The fourth-order valence-electron chi connectivity index (χ4n) is 0.758. The normalized spacial score (nSPS) is 21.7. The molecule has 0 amide bonds. The molecule has 6 heteroatoms. The van der Waals surface area contributed by atoms with Gasteiger partial charge in [0.1, 0.15) is 6.17 Å². The Morgan fingerprint density at radius 1 is 1.00 bits per heavy atom. The molecule has 0 N–H and O–H groups in total. The van der Waals surface area contributed by atoms with E-state index in [0.29, 0.717) is 0 Å². The van der Waals surface area contributed by atoms with Crippen molar-refractivity contribution in [3.63, 3.8) is 0 Å². The SMILES string of the molecule is [B]CC(F)C(F)C(F)C(F)C(F)C#C. The highest BCUT2D eigenvalue weighted by atomic mass is 19.2. The average molecular weight is 210 g/mol. The Kier molecular flexibility index (Phi) is 5.59. The summed E-state index contributed by atoms with van der Waals surface area (Å²) in [4.78, 5) is 0. The van der Waals surface area contributed by atoms with Gasteiger partial charge in [-0.25, -0.2) is 22.0 Å². The molecule has 0 aromatic carbocycles.